The van der Waals surface area contributed by atoms with Crippen molar-refractivity contribution in [3.05, 3.63) is 35.4 Å². The standard InChI is InChI=1S/C14H18N2O2/c1-9(15-4)16-12(17)10-7-5-6-8-11(10)14(2,3)13(16)18/h5-9,15H,1-4H3. The normalized spacial score (nSPS) is 19.7. The number of fused-ring (bicyclic) bond motifs is 1. The number of carbonyl (C=O) groups excluding carboxylic acids is 2. The molecule has 2 rings (SSSR count). The van der Waals surface area contributed by atoms with Crippen molar-refractivity contribution < 1.29 is 9.59 Å². The van der Waals surface area contributed by atoms with Gasteiger partial charge in [0.1, 0.15) is 0 Å². The smallest absolute Gasteiger partial charge is 0.262 e. The van der Waals surface area contributed by atoms with Gasteiger partial charge in [0.2, 0.25) is 5.91 Å². The van der Waals surface area contributed by atoms with E-state index in [1.807, 2.05) is 32.0 Å². The molecule has 1 aliphatic rings. The number of hydrogen-bond donors (Lipinski definition) is 1. The van der Waals surface area contributed by atoms with E-state index in [1.54, 1.807) is 20.0 Å². The summed E-state index contributed by atoms with van der Waals surface area (Å²) in [5.74, 6) is -0.384. The zero-order chi connectivity index (χ0) is 13.5. The second-order valence-corrected chi connectivity index (χ2v) is 5.12. The molecular formula is C14H18N2O2. The van der Waals surface area contributed by atoms with Gasteiger partial charge in [0.15, 0.2) is 0 Å². The van der Waals surface area contributed by atoms with Crippen LogP contribution in [0.15, 0.2) is 24.3 Å². The van der Waals surface area contributed by atoms with E-state index in [0.29, 0.717) is 5.56 Å². The van der Waals surface area contributed by atoms with Gasteiger partial charge in [0.05, 0.1) is 11.6 Å². The van der Waals surface area contributed by atoms with Crippen LogP contribution in [0.3, 0.4) is 0 Å². The number of nitrogens with one attached hydrogen (secondary N) is 1. The van der Waals surface area contributed by atoms with E-state index >= 15 is 0 Å². The quantitative estimate of drug-likeness (QED) is 0.805. The minimum Gasteiger partial charge on any atom is -0.300 e. The summed E-state index contributed by atoms with van der Waals surface area (Å²) >= 11 is 0. The first-order valence-electron chi connectivity index (χ1n) is 6.06. The first-order chi connectivity index (χ1) is 8.41. The Labute approximate surface area is 107 Å². The molecule has 0 bridgehead atoms. The van der Waals surface area contributed by atoms with Crippen molar-refractivity contribution in [1.29, 1.82) is 0 Å². The molecule has 0 radical (unpaired) electrons. The van der Waals surface area contributed by atoms with Gasteiger partial charge in [-0.05, 0) is 39.4 Å². The Morgan fingerprint density at radius 2 is 1.83 bits per heavy atom. The van der Waals surface area contributed by atoms with Crippen LogP contribution in [0.5, 0.6) is 0 Å². The molecule has 0 saturated carbocycles. The molecule has 0 aromatic heterocycles. The van der Waals surface area contributed by atoms with Gasteiger partial charge in [0.25, 0.3) is 5.91 Å². The van der Waals surface area contributed by atoms with Crippen LogP contribution in [0.25, 0.3) is 0 Å². The zero-order valence-electron chi connectivity index (χ0n) is 11.2. The van der Waals surface area contributed by atoms with Crippen molar-refractivity contribution in [3.8, 4) is 0 Å². The van der Waals surface area contributed by atoms with Crippen LogP contribution in [0.4, 0.5) is 0 Å². The minimum atomic E-state index is -0.671. The summed E-state index contributed by atoms with van der Waals surface area (Å²) in [7, 11) is 1.73. The molecule has 0 aliphatic carbocycles. The molecule has 1 atom stereocenters. The van der Waals surface area contributed by atoms with Crippen LogP contribution < -0.4 is 5.32 Å². The second-order valence-electron chi connectivity index (χ2n) is 5.12. The monoisotopic (exact) mass is 246 g/mol. The highest BCUT2D eigenvalue weighted by atomic mass is 16.2. The number of carbonyl (C=O) groups is 2. The lowest BCUT2D eigenvalue weighted by Crippen LogP contribution is -2.58. The number of imide groups is 1. The Kier molecular flexibility index (Phi) is 2.99. The van der Waals surface area contributed by atoms with Crippen molar-refractivity contribution in [3.63, 3.8) is 0 Å². The average molecular weight is 246 g/mol. The summed E-state index contributed by atoms with van der Waals surface area (Å²) in [6.45, 7) is 5.52. The number of hydrogen-bond acceptors (Lipinski definition) is 3. The fourth-order valence-electron chi connectivity index (χ4n) is 2.33. The van der Waals surface area contributed by atoms with E-state index in [1.165, 1.54) is 4.90 Å². The Balaban J connectivity index is 2.61. The van der Waals surface area contributed by atoms with Crippen LogP contribution in [-0.4, -0.2) is 29.9 Å². The molecule has 1 unspecified atom stereocenters. The van der Waals surface area contributed by atoms with Gasteiger partial charge in [-0.25, -0.2) is 0 Å². The summed E-state index contributed by atoms with van der Waals surface area (Å²) < 4.78 is 0. The van der Waals surface area contributed by atoms with Gasteiger partial charge in [-0.1, -0.05) is 18.2 Å². The summed E-state index contributed by atoms with van der Waals surface area (Å²) in [6.07, 6.45) is -0.308. The molecule has 0 saturated heterocycles. The lowest BCUT2D eigenvalue weighted by molar-refractivity contribution is -0.136. The molecule has 1 aliphatic heterocycles. The Bertz CT molecular complexity index is 508. The van der Waals surface area contributed by atoms with E-state index in [0.717, 1.165) is 5.56 Å². The fraction of sp³-hybridized carbons (Fsp3) is 0.429. The van der Waals surface area contributed by atoms with Crippen LogP contribution in [0.2, 0.25) is 0 Å². The van der Waals surface area contributed by atoms with Crippen molar-refractivity contribution in [2.45, 2.75) is 32.4 Å². The lowest BCUT2D eigenvalue weighted by Gasteiger charge is -2.40. The predicted octanol–water partition coefficient (Wildman–Crippen LogP) is 1.51. The predicted molar refractivity (Wildman–Crippen MR) is 69.2 cm³/mol. The van der Waals surface area contributed by atoms with Crippen LogP contribution >= 0.6 is 0 Å². The van der Waals surface area contributed by atoms with Gasteiger partial charge in [-0.3, -0.25) is 14.5 Å². The molecule has 1 N–H and O–H groups in total. The van der Waals surface area contributed by atoms with E-state index in [9.17, 15) is 9.59 Å². The number of benzene rings is 1. The molecule has 2 amide bonds. The number of amides is 2. The Morgan fingerprint density at radius 3 is 2.44 bits per heavy atom. The molecule has 0 spiro atoms. The fourth-order valence-corrected chi connectivity index (χ4v) is 2.33. The number of rotatable bonds is 2. The molecule has 4 nitrogen and oxygen atoms in total. The topological polar surface area (TPSA) is 49.4 Å². The van der Waals surface area contributed by atoms with Crippen LogP contribution in [-0.2, 0) is 10.2 Å². The highest BCUT2D eigenvalue weighted by Crippen LogP contribution is 2.34. The molecule has 1 aromatic carbocycles. The maximum atomic E-state index is 12.5. The number of nitrogens with zero attached hydrogens (tertiary/aromatic N) is 1. The molecule has 0 fully saturated rings. The molecule has 1 heterocycles. The van der Waals surface area contributed by atoms with Gasteiger partial charge < -0.3 is 5.32 Å². The summed E-state index contributed by atoms with van der Waals surface area (Å²) in [5, 5.41) is 2.95. The van der Waals surface area contributed by atoms with Gasteiger partial charge in [-0.15, -0.1) is 0 Å². The minimum absolute atomic E-state index is 0.159. The zero-order valence-corrected chi connectivity index (χ0v) is 11.2. The van der Waals surface area contributed by atoms with E-state index in [2.05, 4.69) is 5.32 Å². The molecule has 18 heavy (non-hydrogen) atoms. The van der Waals surface area contributed by atoms with Gasteiger partial charge in [-0.2, -0.15) is 0 Å². The third-order valence-corrected chi connectivity index (χ3v) is 3.61. The van der Waals surface area contributed by atoms with E-state index in [-0.39, 0.29) is 18.0 Å². The summed E-state index contributed by atoms with van der Waals surface area (Å²) in [6, 6.07) is 7.32. The largest absolute Gasteiger partial charge is 0.300 e. The summed E-state index contributed by atoms with van der Waals surface area (Å²) in [4.78, 5) is 26.2. The molecule has 96 valence electrons. The summed E-state index contributed by atoms with van der Waals surface area (Å²) in [5.41, 5.74) is 0.749. The maximum Gasteiger partial charge on any atom is 0.262 e. The Hall–Kier alpha value is -1.68. The van der Waals surface area contributed by atoms with Gasteiger partial charge >= 0.3 is 0 Å². The SMILES string of the molecule is CNC(C)N1C(=O)c2ccccc2C(C)(C)C1=O. The maximum absolute atomic E-state index is 12.5. The van der Waals surface area contributed by atoms with Crippen molar-refractivity contribution in [2.75, 3.05) is 7.05 Å². The van der Waals surface area contributed by atoms with Gasteiger partial charge in [0, 0.05) is 5.56 Å². The van der Waals surface area contributed by atoms with Crippen molar-refractivity contribution in [1.82, 2.24) is 10.2 Å². The first-order valence-corrected chi connectivity index (χ1v) is 6.06. The van der Waals surface area contributed by atoms with E-state index < -0.39 is 5.41 Å². The molecule has 1 aromatic rings. The lowest BCUT2D eigenvalue weighted by atomic mass is 9.77. The Morgan fingerprint density at radius 1 is 1.22 bits per heavy atom. The highest BCUT2D eigenvalue weighted by molar-refractivity contribution is 6.13. The average Bonchev–Trinajstić information content (AvgIpc) is 2.37. The molecular weight excluding hydrogens is 228 g/mol. The third kappa shape index (κ3) is 1.64. The van der Waals surface area contributed by atoms with Crippen molar-refractivity contribution >= 4 is 11.8 Å². The highest BCUT2D eigenvalue weighted by Gasteiger charge is 2.45. The third-order valence-electron chi connectivity index (χ3n) is 3.61. The van der Waals surface area contributed by atoms with Crippen LogP contribution in [0.1, 0.15) is 36.7 Å². The second kappa shape index (κ2) is 4.21. The van der Waals surface area contributed by atoms with E-state index in [4.69, 9.17) is 0 Å². The van der Waals surface area contributed by atoms with Crippen molar-refractivity contribution in [2.24, 2.45) is 0 Å². The van der Waals surface area contributed by atoms with Crippen LogP contribution in [0, 0.1) is 0 Å². The first kappa shape index (κ1) is 12.8. The molecule has 4 heteroatoms.